The molecule has 0 radical (unpaired) electrons. The molecule has 2 aromatic rings. The first-order valence-electron chi connectivity index (χ1n) is 6.97. The van der Waals surface area contributed by atoms with E-state index in [1.165, 1.54) is 0 Å². The molecule has 2 N–H and O–H groups in total. The summed E-state index contributed by atoms with van der Waals surface area (Å²) in [6, 6.07) is 11.7. The Kier molecular flexibility index (Phi) is 5.60. The molecule has 2 rings (SSSR count). The van der Waals surface area contributed by atoms with Gasteiger partial charge < -0.3 is 9.84 Å². The lowest BCUT2D eigenvalue weighted by atomic mass is 10.1. The fourth-order valence-electron chi connectivity index (χ4n) is 1.86. The molecule has 2 aromatic carbocycles. The zero-order valence-corrected chi connectivity index (χ0v) is 13.6. The van der Waals surface area contributed by atoms with Gasteiger partial charge in [-0.05, 0) is 67.4 Å². The number of phenols is 1. The molecule has 0 saturated heterocycles. The van der Waals surface area contributed by atoms with Crippen LogP contribution in [0.25, 0.3) is 0 Å². The largest absolute Gasteiger partial charge is 0.508 e. The Morgan fingerprint density at radius 2 is 1.96 bits per heavy atom. The number of nitrogens with zero attached hydrogens (tertiary/aromatic N) is 1. The summed E-state index contributed by atoms with van der Waals surface area (Å²) in [7, 11) is 0. The molecule has 0 aliphatic rings. The van der Waals surface area contributed by atoms with Crippen molar-refractivity contribution >= 4 is 23.2 Å². The van der Waals surface area contributed by atoms with E-state index < -0.39 is 0 Å². The van der Waals surface area contributed by atoms with Gasteiger partial charge in [-0.15, -0.1) is 0 Å². The molecular weight excluding hydrogens is 316 g/mol. The van der Waals surface area contributed by atoms with Crippen molar-refractivity contribution in [3.05, 3.63) is 58.6 Å². The van der Waals surface area contributed by atoms with Gasteiger partial charge in [0.05, 0.1) is 5.71 Å². The quantitative estimate of drug-likeness (QED) is 0.652. The maximum atomic E-state index is 11.8. The van der Waals surface area contributed by atoms with Crippen LogP contribution in [0.4, 0.5) is 0 Å². The van der Waals surface area contributed by atoms with Crippen LogP contribution in [-0.2, 0) is 4.79 Å². The van der Waals surface area contributed by atoms with Gasteiger partial charge in [0.2, 0.25) is 0 Å². The lowest BCUT2D eigenvalue weighted by Crippen LogP contribution is -2.25. The Bertz CT molecular complexity index is 727. The zero-order chi connectivity index (χ0) is 16.8. The number of nitrogens with one attached hydrogen (secondary N) is 1. The minimum Gasteiger partial charge on any atom is -0.508 e. The number of carbonyl (C=O) groups excluding carboxylic acids is 1. The molecule has 0 spiro atoms. The summed E-state index contributed by atoms with van der Waals surface area (Å²) >= 11 is 5.86. The number of amides is 1. The van der Waals surface area contributed by atoms with Crippen LogP contribution in [0, 0.1) is 6.92 Å². The SMILES string of the molecule is C/C(=N\NC(=O)COc1ccc(Cl)cc1C)c1ccc(O)cc1. The molecule has 0 aliphatic carbocycles. The van der Waals surface area contributed by atoms with Crippen molar-refractivity contribution in [3.63, 3.8) is 0 Å². The van der Waals surface area contributed by atoms with E-state index in [9.17, 15) is 9.90 Å². The maximum absolute atomic E-state index is 11.8. The van der Waals surface area contributed by atoms with Crippen LogP contribution in [-0.4, -0.2) is 23.3 Å². The predicted molar refractivity (Wildman–Crippen MR) is 90.1 cm³/mol. The van der Waals surface area contributed by atoms with Crippen LogP contribution in [0.15, 0.2) is 47.6 Å². The summed E-state index contributed by atoms with van der Waals surface area (Å²) in [6.07, 6.45) is 0. The maximum Gasteiger partial charge on any atom is 0.277 e. The van der Waals surface area contributed by atoms with Gasteiger partial charge in [0.1, 0.15) is 11.5 Å². The first-order chi connectivity index (χ1) is 11.0. The van der Waals surface area contributed by atoms with Crippen molar-refractivity contribution in [2.75, 3.05) is 6.61 Å². The lowest BCUT2D eigenvalue weighted by molar-refractivity contribution is -0.123. The molecule has 6 heteroatoms. The Morgan fingerprint density at radius 1 is 1.26 bits per heavy atom. The van der Waals surface area contributed by atoms with Gasteiger partial charge in [-0.2, -0.15) is 5.10 Å². The highest BCUT2D eigenvalue weighted by molar-refractivity contribution is 6.30. The van der Waals surface area contributed by atoms with Gasteiger partial charge in [0.15, 0.2) is 6.61 Å². The number of halogens is 1. The van der Waals surface area contributed by atoms with Gasteiger partial charge in [0.25, 0.3) is 5.91 Å². The highest BCUT2D eigenvalue weighted by Gasteiger charge is 2.05. The number of aromatic hydroxyl groups is 1. The smallest absolute Gasteiger partial charge is 0.277 e. The molecule has 1 amide bonds. The minimum atomic E-state index is -0.363. The van der Waals surface area contributed by atoms with Gasteiger partial charge in [-0.3, -0.25) is 4.79 Å². The lowest BCUT2D eigenvalue weighted by Gasteiger charge is -2.08. The van der Waals surface area contributed by atoms with E-state index in [-0.39, 0.29) is 18.3 Å². The molecule has 120 valence electrons. The number of phenolic OH excluding ortho intramolecular Hbond substituents is 1. The van der Waals surface area contributed by atoms with Gasteiger partial charge in [-0.1, -0.05) is 11.6 Å². The summed E-state index contributed by atoms with van der Waals surface area (Å²) in [5.74, 6) is 0.415. The second-order valence-corrected chi connectivity index (χ2v) is 5.41. The Hall–Kier alpha value is -2.53. The normalized spacial score (nSPS) is 11.2. The first kappa shape index (κ1) is 16.8. The number of carbonyl (C=O) groups is 1. The van der Waals surface area contributed by atoms with E-state index in [0.29, 0.717) is 16.5 Å². The first-order valence-corrected chi connectivity index (χ1v) is 7.35. The Labute approximate surface area is 139 Å². The summed E-state index contributed by atoms with van der Waals surface area (Å²) < 4.78 is 5.43. The molecule has 0 saturated carbocycles. The van der Waals surface area contributed by atoms with Crippen LogP contribution < -0.4 is 10.2 Å². The molecule has 0 aromatic heterocycles. The number of hydrogen-bond donors (Lipinski definition) is 2. The van der Waals surface area contributed by atoms with E-state index in [4.69, 9.17) is 16.3 Å². The van der Waals surface area contributed by atoms with Crippen molar-refractivity contribution in [3.8, 4) is 11.5 Å². The molecule has 23 heavy (non-hydrogen) atoms. The third kappa shape index (κ3) is 5.00. The third-order valence-corrected chi connectivity index (χ3v) is 3.36. The summed E-state index contributed by atoms with van der Waals surface area (Å²) in [4.78, 5) is 11.8. The standard InChI is InChI=1S/C17H17ClN2O3/c1-11-9-14(18)5-8-16(11)23-10-17(22)20-19-12(2)13-3-6-15(21)7-4-13/h3-9,21H,10H2,1-2H3,(H,20,22)/b19-12+. The van der Waals surface area contributed by atoms with Crippen molar-refractivity contribution in [2.24, 2.45) is 5.10 Å². The Morgan fingerprint density at radius 3 is 2.61 bits per heavy atom. The Balaban J connectivity index is 1.89. The fourth-order valence-corrected chi connectivity index (χ4v) is 2.09. The number of rotatable bonds is 5. The predicted octanol–water partition coefficient (Wildman–Crippen LogP) is 3.27. The minimum absolute atomic E-state index is 0.144. The van der Waals surface area contributed by atoms with Crippen molar-refractivity contribution in [1.29, 1.82) is 0 Å². The van der Waals surface area contributed by atoms with E-state index in [0.717, 1.165) is 11.1 Å². The monoisotopic (exact) mass is 332 g/mol. The zero-order valence-electron chi connectivity index (χ0n) is 12.8. The average molecular weight is 333 g/mol. The number of ether oxygens (including phenoxy) is 1. The molecule has 0 heterocycles. The van der Waals surface area contributed by atoms with Gasteiger partial charge in [-0.25, -0.2) is 5.43 Å². The van der Waals surface area contributed by atoms with Crippen LogP contribution in [0.5, 0.6) is 11.5 Å². The number of aryl methyl sites for hydroxylation is 1. The number of hydrazone groups is 1. The van der Waals surface area contributed by atoms with Gasteiger partial charge in [0, 0.05) is 5.02 Å². The third-order valence-electron chi connectivity index (χ3n) is 3.13. The van der Waals surface area contributed by atoms with E-state index in [1.54, 1.807) is 49.4 Å². The van der Waals surface area contributed by atoms with Crippen LogP contribution in [0.3, 0.4) is 0 Å². The van der Waals surface area contributed by atoms with Crippen molar-refractivity contribution < 1.29 is 14.6 Å². The van der Waals surface area contributed by atoms with E-state index in [1.807, 2.05) is 6.92 Å². The van der Waals surface area contributed by atoms with E-state index >= 15 is 0 Å². The van der Waals surface area contributed by atoms with Crippen LogP contribution >= 0.6 is 11.6 Å². The van der Waals surface area contributed by atoms with Crippen molar-refractivity contribution in [1.82, 2.24) is 5.43 Å². The molecule has 0 atom stereocenters. The number of benzene rings is 2. The van der Waals surface area contributed by atoms with Gasteiger partial charge >= 0.3 is 0 Å². The molecule has 0 unspecified atom stereocenters. The summed E-state index contributed by atoms with van der Waals surface area (Å²) in [5, 5.41) is 13.9. The average Bonchev–Trinajstić information content (AvgIpc) is 2.52. The molecule has 0 bridgehead atoms. The van der Waals surface area contributed by atoms with Crippen LogP contribution in [0.1, 0.15) is 18.1 Å². The summed E-state index contributed by atoms with van der Waals surface area (Å²) in [5.41, 5.74) is 4.72. The highest BCUT2D eigenvalue weighted by atomic mass is 35.5. The second kappa shape index (κ2) is 7.65. The highest BCUT2D eigenvalue weighted by Crippen LogP contribution is 2.21. The molecule has 5 nitrogen and oxygen atoms in total. The fraction of sp³-hybridized carbons (Fsp3) is 0.176. The number of hydrogen-bond acceptors (Lipinski definition) is 4. The van der Waals surface area contributed by atoms with Crippen molar-refractivity contribution in [2.45, 2.75) is 13.8 Å². The summed E-state index contributed by atoms with van der Waals surface area (Å²) in [6.45, 7) is 3.47. The molecular formula is C17H17ClN2O3. The topological polar surface area (TPSA) is 70.9 Å². The second-order valence-electron chi connectivity index (χ2n) is 4.98. The van der Waals surface area contributed by atoms with Crippen LogP contribution in [0.2, 0.25) is 5.02 Å². The van der Waals surface area contributed by atoms with E-state index in [2.05, 4.69) is 10.5 Å². The molecule has 0 fully saturated rings. The molecule has 0 aliphatic heterocycles.